The van der Waals surface area contributed by atoms with Crippen LogP contribution in [0.4, 0.5) is 4.39 Å². The normalized spacial score (nSPS) is 15.9. The third-order valence-electron chi connectivity index (χ3n) is 4.64. The predicted molar refractivity (Wildman–Crippen MR) is 101 cm³/mol. The molecule has 3 rings (SSSR count). The lowest BCUT2D eigenvalue weighted by molar-refractivity contribution is -0.123. The van der Waals surface area contributed by atoms with Gasteiger partial charge in [0.25, 0.3) is 5.91 Å². The molecule has 0 aliphatic carbocycles. The third kappa shape index (κ3) is 5.52. The SMILES string of the molecule is Cc1ccc([C@H](CNC(=O)COc2ccccc2F)N2CCOCC2)cc1. The van der Waals surface area contributed by atoms with Crippen LogP contribution >= 0.6 is 0 Å². The van der Waals surface area contributed by atoms with Crippen LogP contribution in [0.5, 0.6) is 5.75 Å². The number of nitrogens with one attached hydrogen (secondary N) is 1. The molecule has 5 nitrogen and oxygen atoms in total. The van der Waals surface area contributed by atoms with E-state index in [1.54, 1.807) is 12.1 Å². The van der Waals surface area contributed by atoms with E-state index in [1.807, 2.05) is 0 Å². The minimum Gasteiger partial charge on any atom is -0.481 e. The molecule has 1 amide bonds. The van der Waals surface area contributed by atoms with Crippen LogP contribution in [0.25, 0.3) is 0 Å². The van der Waals surface area contributed by atoms with Gasteiger partial charge < -0.3 is 14.8 Å². The highest BCUT2D eigenvalue weighted by atomic mass is 19.1. The summed E-state index contributed by atoms with van der Waals surface area (Å²) in [5, 5.41) is 2.91. The molecule has 1 aliphatic heterocycles. The molecule has 2 aromatic carbocycles. The Morgan fingerprint density at radius 1 is 1.19 bits per heavy atom. The van der Waals surface area contributed by atoms with E-state index in [1.165, 1.54) is 17.7 Å². The Balaban J connectivity index is 1.59. The molecule has 6 heteroatoms. The van der Waals surface area contributed by atoms with Crippen molar-refractivity contribution in [1.29, 1.82) is 0 Å². The topological polar surface area (TPSA) is 50.8 Å². The number of carbonyl (C=O) groups is 1. The lowest BCUT2D eigenvalue weighted by Gasteiger charge is -2.35. The molecule has 0 bridgehead atoms. The van der Waals surface area contributed by atoms with E-state index in [0.29, 0.717) is 19.8 Å². The van der Waals surface area contributed by atoms with Crippen LogP contribution < -0.4 is 10.1 Å². The first-order valence-corrected chi connectivity index (χ1v) is 9.16. The van der Waals surface area contributed by atoms with Crippen molar-refractivity contribution in [3.63, 3.8) is 0 Å². The maximum absolute atomic E-state index is 13.6. The first-order valence-electron chi connectivity index (χ1n) is 9.16. The summed E-state index contributed by atoms with van der Waals surface area (Å²) in [7, 11) is 0. The van der Waals surface area contributed by atoms with Crippen molar-refractivity contribution in [2.45, 2.75) is 13.0 Å². The van der Waals surface area contributed by atoms with E-state index in [0.717, 1.165) is 18.7 Å². The Hall–Kier alpha value is -2.44. The first-order chi connectivity index (χ1) is 13.1. The Bertz CT molecular complexity index is 745. The molecule has 0 saturated carbocycles. The number of nitrogens with zero attached hydrogens (tertiary/aromatic N) is 1. The van der Waals surface area contributed by atoms with E-state index in [4.69, 9.17) is 9.47 Å². The highest BCUT2D eigenvalue weighted by Crippen LogP contribution is 2.22. The lowest BCUT2D eigenvalue weighted by atomic mass is 10.0. The number of carbonyl (C=O) groups excluding carboxylic acids is 1. The van der Waals surface area contributed by atoms with E-state index in [9.17, 15) is 9.18 Å². The molecule has 1 heterocycles. The number of hydrogen-bond acceptors (Lipinski definition) is 4. The van der Waals surface area contributed by atoms with Gasteiger partial charge in [0.2, 0.25) is 0 Å². The average Bonchev–Trinajstić information content (AvgIpc) is 2.69. The van der Waals surface area contributed by atoms with Gasteiger partial charge in [-0.2, -0.15) is 0 Å². The highest BCUT2D eigenvalue weighted by Gasteiger charge is 2.23. The van der Waals surface area contributed by atoms with Crippen molar-refractivity contribution in [3.05, 3.63) is 65.5 Å². The summed E-state index contributed by atoms with van der Waals surface area (Å²) in [6.45, 7) is 5.31. The monoisotopic (exact) mass is 372 g/mol. The molecule has 0 spiro atoms. The smallest absolute Gasteiger partial charge is 0.258 e. The first kappa shape index (κ1) is 19.3. The summed E-state index contributed by atoms with van der Waals surface area (Å²) in [4.78, 5) is 14.5. The number of benzene rings is 2. The van der Waals surface area contributed by atoms with Crippen molar-refractivity contribution >= 4 is 5.91 Å². The molecule has 0 unspecified atom stereocenters. The second kappa shape index (κ2) is 9.48. The van der Waals surface area contributed by atoms with Crippen molar-refractivity contribution in [2.75, 3.05) is 39.5 Å². The summed E-state index contributed by atoms with van der Waals surface area (Å²) in [5.74, 6) is -0.671. The van der Waals surface area contributed by atoms with Gasteiger partial charge in [-0.3, -0.25) is 9.69 Å². The number of halogens is 1. The molecular weight excluding hydrogens is 347 g/mol. The van der Waals surface area contributed by atoms with E-state index in [-0.39, 0.29) is 24.3 Å². The predicted octanol–water partition coefficient (Wildman–Crippen LogP) is 2.70. The lowest BCUT2D eigenvalue weighted by Crippen LogP contribution is -2.44. The summed E-state index contributed by atoms with van der Waals surface area (Å²) >= 11 is 0. The fourth-order valence-electron chi connectivity index (χ4n) is 3.10. The van der Waals surface area contributed by atoms with Crippen LogP contribution in [0.1, 0.15) is 17.2 Å². The minimum atomic E-state index is -0.476. The van der Waals surface area contributed by atoms with Crippen LogP contribution in [-0.4, -0.2) is 50.3 Å². The molecule has 0 radical (unpaired) electrons. The van der Waals surface area contributed by atoms with Crippen LogP contribution in [0.3, 0.4) is 0 Å². The molecule has 27 heavy (non-hydrogen) atoms. The van der Waals surface area contributed by atoms with Crippen molar-refractivity contribution < 1.29 is 18.7 Å². The van der Waals surface area contributed by atoms with Gasteiger partial charge in [-0.1, -0.05) is 42.0 Å². The number of para-hydroxylation sites is 1. The number of aryl methyl sites for hydroxylation is 1. The maximum Gasteiger partial charge on any atom is 0.258 e. The van der Waals surface area contributed by atoms with Gasteiger partial charge in [0, 0.05) is 19.6 Å². The van der Waals surface area contributed by atoms with Crippen molar-refractivity contribution in [1.82, 2.24) is 10.2 Å². The Labute approximate surface area is 159 Å². The van der Waals surface area contributed by atoms with E-state index < -0.39 is 5.82 Å². The zero-order valence-electron chi connectivity index (χ0n) is 15.5. The highest BCUT2D eigenvalue weighted by molar-refractivity contribution is 5.77. The van der Waals surface area contributed by atoms with Gasteiger partial charge >= 0.3 is 0 Å². The van der Waals surface area contributed by atoms with Crippen LogP contribution in [0.2, 0.25) is 0 Å². The molecule has 144 valence electrons. The molecule has 0 aromatic heterocycles. The van der Waals surface area contributed by atoms with E-state index >= 15 is 0 Å². The van der Waals surface area contributed by atoms with Gasteiger partial charge in [-0.05, 0) is 24.6 Å². The molecule has 1 aliphatic rings. The van der Waals surface area contributed by atoms with Gasteiger partial charge in [0.05, 0.1) is 19.3 Å². The second-order valence-electron chi connectivity index (χ2n) is 6.60. The molecule has 1 saturated heterocycles. The summed E-state index contributed by atoms with van der Waals surface area (Å²) in [5.41, 5.74) is 2.35. The number of rotatable bonds is 7. The fraction of sp³-hybridized carbons (Fsp3) is 0.381. The van der Waals surface area contributed by atoms with Gasteiger partial charge in [-0.15, -0.1) is 0 Å². The molecule has 2 aromatic rings. The number of morpholine rings is 1. The Morgan fingerprint density at radius 3 is 2.59 bits per heavy atom. The number of ether oxygens (including phenoxy) is 2. The van der Waals surface area contributed by atoms with Crippen LogP contribution in [-0.2, 0) is 9.53 Å². The maximum atomic E-state index is 13.6. The average molecular weight is 372 g/mol. The van der Waals surface area contributed by atoms with E-state index in [2.05, 4.69) is 41.4 Å². The molecule has 1 atom stereocenters. The van der Waals surface area contributed by atoms with Gasteiger partial charge in [0.1, 0.15) is 0 Å². The summed E-state index contributed by atoms with van der Waals surface area (Å²) < 4.78 is 24.3. The van der Waals surface area contributed by atoms with Crippen LogP contribution in [0.15, 0.2) is 48.5 Å². The minimum absolute atomic E-state index is 0.0620. The molecule has 1 fully saturated rings. The number of hydrogen-bond donors (Lipinski definition) is 1. The van der Waals surface area contributed by atoms with Gasteiger partial charge in [-0.25, -0.2) is 4.39 Å². The fourth-order valence-corrected chi connectivity index (χ4v) is 3.10. The standard InChI is InChI=1S/C21H25FN2O3/c1-16-6-8-17(9-7-16)19(24-10-12-26-13-11-24)14-23-21(25)15-27-20-5-3-2-4-18(20)22/h2-9,19H,10-15H2,1H3,(H,23,25)/t19-/m0/s1. The quantitative estimate of drug-likeness (QED) is 0.812. The second-order valence-corrected chi connectivity index (χ2v) is 6.60. The van der Waals surface area contributed by atoms with Crippen molar-refractivity contribution in [2.24, 2.45) is 0 Å². The van der Waals surface area contributed by atoms with Gasteiger partial charge in [0.15, 0.2) is 18.2 Å². The zero-order valence-corrected chi connectivity index (χ0v) is 15.5. The van der Waals surface area contributed by atoms with Crippen LogP contribution in [0, 0.1) is 12.7 Å². The summed E-state index contributed by atoms with van der Waals surface area (Å²) in [6, 6.07) is 14.5. The Kier molecular flexibility index (Phi) is 6.79. The van der Waals surface area contributed by atoms with Crippen molar-refractivity contribution in [3.8, 4) is 5.75 Å². The third-order valence-corrected chi connectivity index (χ3v) is 4.64. The molecular formula is C21H25FN2O3. The number of amides is 1. The Morgan fingerprint density at radius 2 is 1.89 bits per heavy atom. The summed E-state index contributed by atoms with van der Waals surface area (Å²) in [6.07, 6.45) is 0. The molecule has 1 N–H and O–H groups in total. The zero-order chi connectivity index (χ0) is 19.1. The largest absolute Gasteiger partial charge is 0.481 e.